The lowest BCUT2D eigenvalue weighted by atomic mass is 9.82. The lowest BCUT2D eigenvalue weighted by Gasteiger charge is -2.30. The molecule has 2 heteroatoms. The molecule has 1 aliphatic carbocycles. The van der Waals surface area contributed by atoms with Crippen molar-refractivity contribution >= 4 is 49.6 Å². The van der Waals surface area contributed by atoms with Crippen molar-refractivity contribution < 1.29 is 0 Å². The molecule has 0 fully saturated rings. The molecule has 63 heavy (non-hydrogen) atoms. The second-order valence-electron chi connectivity index (χ2n) is 17.3. The maximum Gasteiger partial charge on any atom is 0.0541 e. The SMILES string of the molecule is CC1(C)c2cc(N(c3ccc(-c4cccc5ccccc45)cc3)c3ccccc3-c3ccccc3-c3ccccc3)ccc2-c2ccc(-n3c4ccccc4c4ccccc43)cc21. The highest BCUT2D eigenvalue weighted by Gasteiger charge is 2.37. The molecule has 11 aromatic rings. The normalized spacial score (nSPS) is 12.7. The van der Waals surface area contributed by atoms with Crippen LogP contribution in [0.3, 0.4) is 0 Å². The van der Waals surface area contributed by atoms with Gasteiger partial charge in [-0.1, -0.05) is 190 Å². The minimum absolute atomic E-state index is 0.251. The number of benzene rings is 10. The van der Waals surface area contributed by atoms with Crippen molar-refractivity contribution in [3.63, 3.8) is 0 Å². The van der Waals surface area contributed by atoms with Crippen LogP contribution in [-0.4, -0.2) is 4.57 Å². The molecule has 0 saturated carbocycles. The van der Waals surface area contributed by atoms with E-state index in [1.54, 1.807) is 0 Å². The monoisotopic (exact) mass is 804 g/mol. The van der Waals surface area contributed by atoms with E-state index in [1.165, 1.54) is 93.9 Å². The van der Waals surface area contributed by atoms with Crippen LogP contribution in [0, 0.1) is 0 Å². The molecule has 0 aliphatic heterocycles. The quantitative estimate of drug-likeness (QED) is 0.156. The first-order valence-electron chi connectivity index (χ1n) is 21.9. The van der Waals surface area contributed by atoms with Gasteiger partial charge in [0.25, 0.3) is 0 Å². The Hall–Kier alpha value is -7.94. The Morgan fingerprint density at radius 2 is 0.873 bits per heavy atom. The van der Waals surface area contributed by atoms with E-state index in [0.717, 1.165) is 17.1 Å². The maximum atomic E-state index is 2.47. The number of hydrogen-bond acceptors (Lipinski definition) is 1. The van der Waals surface area contributed by atoms with E-state index < -0.39 is 0 Å². The summed E-state index contributed by atoms with van der Waals surface area (Å²) in [5, 5.41) is 5.06. The van der Waals surface area contributed by atoms with Crippen LogP contribution in [0.25, 0.3) is 82.8 Å². The predicted octanol–water partition coefficient (Wildman–Crippen LogP) is 16.7. The number of hydrogen-bond donors (Lipinski definition) is 0. The van der Waals surface area contributed by atoms with E-state index in [9.17, 15) is 0 Å². The van der Waals surface area contributed by atoms with Gasteiger partial charge in [0.05, 0.1) is 16.7 Å². The summed E-state index contributed by atoms with van der Waals surface area (Å²) in [6.07, 6.45) is 0. The van der Waals surface area contributed by atoms with Crippen molar-refractivity contribution in [1.29, 1.82) is 0 Å². The molecule has 0 unspecified atom stereocenters. The van der Waals surface area contributed by atoms with Crippen molar-refractivity contribution in [2.45, 2.75) is 19.3 Å². The highest BCUT2D eigenvalue weighted by molar-refractivity contribution is 6.09. The molecule has 1 aromatic heterocycles. The Kier molecular flexibility index (Phi) is 8.55. The average molecular weight is 805 g/mol. The van der Waals surface area contributed by atoms with Crippen LogP contribution in [0.15, 0.2) is 231 Å². The summed E-state index contributed by atoms with van der Waals surface area (Å²) in [5.41, 5.74) is 19.2. The van der Waals surface area contributed by atoms with Crippen LogP contribution >= 0.6 is 0 Å². The topological polar surface area (TPSA) is 8.17 Å². The van der Waals surface area contributed by atoms with Crippen LogP contribution in [0.4, 0.5) is 17.1 Å². The molecule has 0 atom stereocenters. The number of nitrogens with zero attached hydrogens (tertiary/aromatic N) is 2. The van der Waals surface area contributed by atoms with Gasteiger partial charge in [0.2, 0.25) is 0 Å². The number of para-hydroxylation sites is 3. The van der Waals surface area contributed by atoms with Gasteiger partial charge in [0, 0.05) is 38.8 Å². The van der Waals surface area contributed by atoms with E-state index >= 15 is 0 Å². The molecule has 0 radical (unpaired) electrons. The lowest BCUT2D eigenvalue weighted by Crippen LogP contribution is -2.17. The van der Waals surface area contributed by atoms with E-state index in [2.05, 4.69) is 254 Å². The van der Waals surface area contributed by atoms with Gasteiger partial charge in [0.15, 0.2) is 0 Å². The van der Waals surface area contributed by atoms with Gasteiger partial charge in [0.1, 0.15) is 0 Å². The molecule has 12 rings (SSSR count). The van der Waals surface area contributed by atoms with Gasteiger partial charge in [-0.05, 0) is 115 Å². The summed E-state index contributed by atoms with van der Waals surface area (Å²) in [6, 6.07) is 84.6. The molecule has 2 nitrogen and oxygen atoms in total. The van der Waals surface area contributed by atoms with Crippen molar-refractivity contribution in [2.75, 3.05) is 4.90 Å². The Bertz CT molecular complexity index is 3480. The molecule has 0 bridgehead atoms. The number of anilines is 3. The van der Waals surface area contributed by atoms with Gasteiger partial charge in [-0.25, -0.2) is 0 Å². The Labute approximate surface area is 368 Å². The highest BCUT2D eigenvalue weighted by Crippen LogP contribution is 2.52. The summed E-state index contributed by atoms with van der Waals surface area (Å²) < 4.78 is 2.43. The first kappa shape index (κ1) is 36.9. The minimum atomic E-state index is -0.251. The predicted molar refractivity (Wildman–Crippen MR) is 267 cm³/mol. The fourth-order valence-electron chi connectivity index (χ4n) is 10.4. The molecule has 10 aromatic carbocycles. The van der Waals surface area contributed by atoms with Crippen LogP contribution in [0.5, 0.6) is 0 Å². The van der Waals surface area contributed by atoms with E-state index in [4.69, 9.17) is 0 Å². The zero-order valence-electron chi connectivity index (χ0n) is 35.3. The molecular weight excluding hydrogens is 761 g/mol. The third kappa shape index (κ3) is 5.94. The number of aromatic nitrogens is 1. The van der Waals surface area contributed by atoms with E-state index in [0.29, 0.717) is 0 Å². The Morgan fingerprint density at radius 1 is 0.349 bits per heavy atom. The van der Waals surface area contributed by atoms with Gasteiger partial charge in [-0.2, -0.15) is 0 Å². The van der Waals surface area contributed by atoms with Gasteiger partial charge in [-0.15, -0.1) is 0 Å². The summed E-state index contributed by atoms with van der Waals surface area (Å²) in [4.78, 5) is 2.47. The Morgan fingerprint density at radius 3 is 1.62 bits per heavy atom. The zero-order chi connectivity index (χ0) is 42.1. The molecule has 0 saturated heterocycles. The molecule has 0 amide bonds. The van der Waals surface area contributed by atoms with Crippen molar-refractivity contribution in [3.05, 3.63) is 242 Å². The summed E-state index contributed by atoms with van der Waals surface area (Å²) >= 11 is 0. The van der Waals surface area contributed by atoms with Crippen LogP contribution in [0.2, 0.25) is 0 Å². The minimum Gasteiger partial charge on any atom is -0.310 e. The molecular formula is C61H44N2. The summed E-state index contributed by atoms with van der Waals surface area (Å²) in [7, 11) is 0. The number of fused-ring (bicyclic) bond motifs is 7. The summed E-state index contributed by atoms with van der Waals surface area (Å²) in [5.74, 6) is 0. The number of rotatable bonds is 7. The highest BCUT2D eigenvalue weighted by atomic mass is 15.1. The fourth-order valence-corrected chi connectivity index (χ4v) is 10.4. The van der Waals surface area contributed by atoms with Gasteiger partial charge >= 0.3 is 0 Å². The van der Waals surface area contributed by atoms with Crippen molar-refractivity contribution in [2.24, 2.45) is 0 Å². The molecule has 1 aliphatic rings. The smallest absolute Gasteiger partial charge is 0.0541 e. The van der Waals surface area contributed by atoms with Crippen molar-refractivity contribution in [3.8, 4) is 50.2 Å². The van der Waals surface area contributed by atoms with E-state index in [-0.39, 0.29) is 5.41 Å². The summed E-state index contributed by atoms with van der Waals surface area (Å²) in [6.45, 7) is 4.79. The third-order valence-corrected chi connectivity index (χ3v) is 13.4. The van der Waals surface area contributed by atoms with E-state index in [1.807, 2.05) is 0 Å². The van der Waals surface area contributed by atoms with Crippen LogP contribution in [-0.2, 0) is 5.41 Å². The lowest BCUT2D eigenvalue weighted by molar-refractivity contribution is 0.660. The maximum absolute atomic E-state index is 2.47. The second kappa shape index (κ2) is 14.6. The third-order valence-electron chi connectivity index (χ3n) is 13.4. The fraction of sp³-hybridized carbons (Fsp3) is 0.0492. The average Bonchev–Trinajstić information content (AvgIpc) is 3.80. The first-order valence-corrected chi connectivity index (χ1v) is 21.9. The zero-order valence-corrected chi connectivity index (χ0v) is 35.3. The second-order valence-corrected chi connectivity index (χ2v) is 17.3. The van der Waals surface area contributed by atoms with Gasteiger partial charge < -0.3 is 9.47 Å². The largest absolute Gasteiger partial charge is 0.310 e. The molecule has 0 spiro atoms. The van der Waals surface area contributed by atoms with Crippen molar-refractivity contribution in [1.82, 2.24) is 4.57 Å². The standard InChI is InChI=1S/C61H44N2/c1-61(2)56-39-45(35-37-51(56)52-38-36-46(40-57(52)61)63-59-29-14-11-25-54(59)55-26-12-15-30-60(55)63)62(44-33-31-43(32-34-44)48-27-16-20-42-19-6-7-21-47(42)48)58-28-13-10-24-53(58)50-23-9-8-22-49(50)41-17-4-3-5-18-41/h3-40H,1-2H3. The molecule has 298 valence electrons. The molecule has 0 N–H and O–H groups in total. The molecule has 1 heterocycles. The first-order chi connectivity index (χ1) is 31.0. The van der Waals surface area contributed by atoms with Crippen LogP contribution in [0.1, 0.15) is 25.0 Å². The van der Waals surface area contributed by atoms with Gasteiger partial charge in [-0.3, -0.25) is 0 Å². The van der Waals surface area contributed by atoms with Crippen LogP contribution < -0.4 is 4.90 Å². The Balaban J connectivity index is 1.02.